The Morgan fingerprint density at radius 1 is 1.14 bits per heavy atom. The smallest absolute Gasteiger partial charge is 0.264 e. The molecule has 0 unspecified atom stereocenters. The molecule has 1 amide bonds. The number of carbonyl (C=O) groups is 1. The average molecular weight is 410 g/mol. The normalized spacial score (nSPS) is 17.0. The molecule has 2 aromatic carbocycles. The van der Waals surface area contributed by atoms with Crippen LogP contribution in [0.4, 0.5) is 5.69 Å². The maximum atomic E-state index is 13.4. The molecule has 6 nitrogen and oxygen atoms in total. The van der Waals surface area contributed by atoms with Gasteiger partial charge in [-0.2, -0.15) is 0 Å². The Kier molecular flexibility index (Phi) is 4.92. The molecule has 3 aromatic rings. The summed E-state index contributed by atoms with van der Waals surface area (Å²) in [4.78, 5) is 12.7. The summed E-state index contributed by atoms with van der Waals surface area (Å²) >= 11 is 0. The Morgan fingerprint density at radius 3 is 2.69 bits per heavy atom. The van der Waals surface area contributed by atoms with Crippen molar-refractivity contribution in [2.24, 2.45) is 0 Å². The van der Waals surface area contributed by atoms with E-state index in [1.807, 2.05) is 31.2 Å². The molecule has 7 heteroatoms. The van der Waals surface area contributed by atoms with Gasteiger partial charge in [0.05, 0.1) is 22.9 Å². The van der Waals surface area contributed by atoms with Crippen LogP contribution >= 0.6 is 0 Å². The number of fused-ring (bicyclic) bond motifs is 1. The number of sulfonamides is 1. The number of furan rings is 1. The number of carbonyl (C=O) groups excluding carboxylic acids is 1. The van der Waals surface area contributed by atoms with Crippen molar-refractivity contribution in [3.63, 3.8) is 0 Å². The van der Waals surface area contributed by atoms with Crippen LogP contribution < -0.4 is 9.62 Å². The van der Waals surface area contributed by atoms with E-state index in [1.165, 1.54) is 16.4 Å². The Hall–Kier alpha value is -3.06. The third-order valence-electron chi connectivity index (χ3n) is 5.12. The molecule has 4 rings (SSSR count). The molecule has 1 aliphatic heterocycles. The van der Waals surface area contributed by atoms with E-state index in [9.17, 15) is 13.2 Å². The summed E-state index contributed by atoms with van der Waals surface area (Å²) in [6.45, 7) is 3.69. The van der Waals surface area contributed by atoms with Crippen LogP contribution in [-0.4, -0.2) is 20.4 Å². The molecular weight excluding hydrogens is 388 g/mol. The van der Waals surface area contributed by atoms with Gasteiger partial charge in [0.2, 0.25) is 0 Å². The van der Waals surface area contributed by atoms with Crippen LogP contribution in [0.25, 0.3) is 0 Å². The van der Waals surface area contributed by atoms with Gasteiger partial charge in [0.15, 0.2) is 0 Å². The molecular formula is C22H22N2O4S. The largest absolute Gasteiger partial charge is 0.467 e. The number of rotatable bonds is 5. The SMILES string of the molecule is C[C@@H](NC(=O)c1cccc(S(=O)(=O)N2c3ccccc3C[C@@H]2C)c1)c1ccco1. The Morgan fingerprint density at radius 2 is 1.93 bits per heavy atom. The lowest BCUT2D eigenvalue weighted by Gasteiger charge is -2.24. The first kappa shape index (κ1) is 19.3. The minimum Gasteiger partial charge on any atom is -0.467 e. The van der Waals surface area contributed by atoms with Crippen molar-refractivity contribution in [2.45, 2.75) is 37.2 Å². The van der Waals surface area contributed by atoms with Crippen molar-refractivity contribution in [1.82, 2.24) is 5.32 Å². The van der Waals surface area contributed by atoms with Gasteiger partial charge in [0.1, 0.15) is 5.76 Å². The maximum absolute atomic E-state index is 13.4. The summed E-state index contributed by atoms with van der Waals surface area (Å²) < 4.78 is 33.5. The van der Waals surface area contributed by atoms with E-state index in [1.54, 1.807) is 37.5 Å². The van der Waals surface area contributed by atoms with E-state index < -0.39 is 10.0 Å². The molecule has 0 bridgehead atoms. The molecule has 0 fully saturated rings. The summed E-state index contributed by atoms with van der Waals surface area (Å²) in [5.41, 5.74) is 1.98. The highest BCUT2D eigenvalue weighted by molar-refractivity contribution is 7.92. The zero-order chi connectivity index (χ0) is 20.6. The fourth-order valence-corrected chi connectivity index (χ4v) is 5.44. The summed E-state index contributed by atoms with van der Waals surface area (Å²) in [5.74, 6) is 0.269. The number of nitrogens with zero attached hydrogens (tertiary/aromatic N) is 1. The second-order valence-corrected chi connectivity index (χ2v) is 9.04. The van der Waals surface area contributed by atoms with Gasteiger partial charge in [0, 0.05) is 11.6 Å². The first-order valence-electron chi connectivity index (χ1n) is 9.44. The van der Waals surface area contributed by atoms with Crippen molar-refractivity contribution in [3.8, 4) is 0 Å². The van der Waals surface area contributed by atoms with Crippen LogP contribution in [-0.2, 0) is 16.4 Å². The van der Waals surface area contributed by atoms with Gasteiger partial charge in [-0.3, -0.25) is 9.10 Å². The maximum Gasteiger partial charge on any atom is 0.264 e. The predicted molar refractivity (Wildman–Crippen MR) is 110 cm³/mol. The lowest BCUT2D eigenvalue weighted by molar-refractivity contribution is 0.0935. The first-order chi connectivity index (χ1) is 13.9. The van der Waals surface area contributed by atoms with Gasteiger partial charge in [0.25, 0.3) is 15.9 Å². The van der Waals surface area contributed by atoms with Gasteiger partial charge in [-0.05, 0) is 62.2 Å². The van der Waals surface area contributed by atoms with Crippen molar-refractivity contribution < 1.29 is 17.6 Å². The molecule has 0 radical (unpaired) electrons. The van der Waals surface area contributed by atoms with Crippen LogP contribution in [0, 0.1) is 0 Å². The number of nitrogens with one attached hydrogen (secondary N) is 1. The van der Waals surface area contributed by atoms with Crippen molar-refractivity contribution in [1.29, 1.82) is 0 Å². The minimum absolute atomic E-state index is 0.0966. The molecule has 29 heavy (non-hydrogen) atoms. The first-order valence-corrected chi connectivity index (χ1v) is 10.9. The van der Waals surface area contributed by atoms with Gasteiger partial charge < -0.3 is 9.73 Å². The lowest BCUT2D eigenvalue weighted by atomic mass is 10.1. The average Bonchev–Trinajstić information content (AvgIpc) is 3.35. The fraction of sp³-hybridized carbons (Fsp3) is 0.227. The van der Waals surface area contributed by atoms with E-state index in [0.29, 0.717) is 17.9 Å². The number of anilines is 1. The predicted octanol–water partition coefficient (Wildman–Crippen LogP) is 3.91. The molecule has 150 valence electrons. The highest BCUT2D eigenvalue weighted by Crippen LogP contribution is 2.36. The van der Waals surface area contributed by atoms with Crippen LogP contribution in [0.15, 0.2) is 76.2 Å². The van der Waals surface area contributed by atoms with E-state index in [0.717, 1.165) is 5.56 Å². The number of benzene rings is 2. The van der Waals surface area contributed by atoms with Gasteiger partial charge >= 0.3 is 0 Å². The van der Waals surface area contributed by atoms with Gasteiger partial charge in [-0.25, -0.2) is 8.42 Å². The number of amides is 1. The third-order valence-corrected chi connectivity index (χ3v) is 7.04. The quantitative estimate of drug-likeness (QED) is 0.692. The van der Waals surface area contributed by atoms with E-state index >= 15 is 0 Å². The Labute approximate surface area is 170 Å². The summed E-state index contributed by atoms with van der Waals surface area (Å²) in [5, 5.41) is 2.83. The number of hydrogen-bond acceptors (Lipinski definition) is 4. The minimum atomic E-state index is -3.79. The van der Waals surface area contributed by atoms with Crippen molar-refractivity contribution in [3.05, 3.63) is 83.8 Å². The highest BCUT2D eigenvalue weighted by Gasteiger charge is 2.36. The van der Waals surface area contributed by atoms with Crippen LogP contribution in [0.2, 0.25) is 0 Å². The summed E-state index contributed by atoms with van der Waals surface area (Å²) in [7, 11) is -3.79. The summed E-state index contributed by atoms with van der Waals surface area (Å²) in [6.07, 6.45) is 2.20. The highest BCUT2D eigenvalue weighted by atomic mass is 32.2. The molecule has 0 spiro atoms. The molecule has 1 N–H and O–H groups in total. The molecule has 2 atom stereocenters. The van der Waals surface area contributed by atoms with Gasteiger partial charge in [-0.1, -0.05) is 24.3 Å². The molecule has 1 aliphatic rings. The monoisotopic (exact) mass is 410 g/mol. The molecule has 0 aliphatic carbocycles. The second kappa shape index (κ2) is 7.40. The molecule has 0 saturated heterocycles. The van der Waals surface area contributed by atoms with Crippen LogP contribution in [0.5, 0.6) is 0 Å². The summed E-state index contributed by atoms with van der Waals surface area (Å²) in [6, 6.07) is 16.7. The zero-order valence-corrected chi connectivity index (χ0v) is 17.0. The standard InChI is InChI=1S/C22H22N2O4S/c1-15-13-17-7-3-4-10-20(17)24(15)29(26,27)19-9-5-8-18(14-19)22(25)23-16(2)21-11-6-12-28-21/h3-12,14-16H,13H2,1-2H3,(H,23,25)/t15-,16+/m0/s1. The second-order valence-electron chi connectivity index (χ2n) is 7.22. The van der Waals surface area contributed by atoms with Crippen LogP contribution in [0.1, 0.15) is 41.6 Å². The lowest BCUT2D eigenvalue weighted by Crippen LogP contribution is -2.36. The number of para-hydroxylation sites is 1. The topological polar surface area (TPSA) is 79.6 Å². The van der Waals surface area contributed by atoms with Crippen molar-refractivity contribution in [2.75, 3.05) is 4.31 Å². The number of hydrogen-bond donors (Lipinski definition) is 1. The van der Waals surface area contributed by atoms with E-state index in [4.69, 9.17) is 4.42 Å². The van der Waals surface area contributed by atoms with E-state index in [-0.39, 0.29) is 28.4 Å². The molecule has 2 heterocycles. The third kappa shape index (κ3) is 3.53. The van der Waals surface area contributed by atoms with Gasteiger partial charge in [-0.15, -0.1) is 0 Å². The molecule has 1 aromatic heterocycles. The Bertz CT molecular complexity index is 1140. The van der Waals surface area contributed by atoms with Crippen molar-refractivity contribution >= 4 is 21.6 Å². The van der Waals surface area contributed by atoms with E-state index in [2.05, 4.69) is 5.32 Å². The molecule has 0 saturated carbocycles. The fourth-order valence-electron chi connectivity index (χ4n) is 3.70. The van der Waals surface area contributed by atoms with Crippen LogP contribution in [0.3, 0.4) is 0 Å². The zero-order valence-electron chi connectivity index (χ0n) is 16.2. The Balaban J connectivity index is 1.62.